The smallest absolute Gasteiger partial charge is 0.423 e. The summed E-state index contributed by atoms with van der Waals surface area (Å²) in [6, 6.07) is 91.8. The van der Waals surface area contributed by atoms with E-state index in [-0.39, 0.29) is 0 Å². The first-order valence-corrected chi connectivity index (χ1v) is 26.9. The van der Waals surface area contributed by atoms with E-state index in [0.717, 1.165) is 43.3 Å². The molecule has 75 heavy (non-hydrogen) atoms. The molecule has 360 valence electrons. The van der Waals surface area contributed by atoms with Crippen molar-refractivity contribution < 1.29 is 10.0 Å². The predicted molar refractivity (Wildman–Crippen MR) is 330 cm³/mol. The van der Waals surface area contributed by atoms with E-state index >= 15 is 0 Å². The molecule has 5 heteroatoms. The summed E-state index contributed by atoms with van der Waals surface area (Å²) in [5.41, 5.74) is 10.7. The lowest BCUT2D eigenvalue weighted by molar-refractivity contribution is 0.426. The first kappa shape index (κ1) is 49.3. The molecule has 0 saturated carbocycles. The summed E-state index contributed by atoms with van der Waals surface area (Å²) in [5, 5.41) is 33.3. The number of halogens is 2. The van der Waals surface area contributed by atoms with Crippen LogP contribution in [0.3, 0.4) is 0 Å². The van der Waals surface area contributed by atoms with Crippen molar-refractivity contribution in [3.8, 4) is 22.3 Å². The highest BCUT2D eigenvalue weighted by atomic mass is 79.9. The predicted octanol–water partition coefficient (Wildman–Crippen LogP) is 18.5. The Balaban J connectivity index is 0.000000149. The van der Waals surface area contributed by atoms with Gasteiger partial charge in [0.2, 0.25) is 0 Å². The van der Waals surface area contributed by atoms with Crippen molar-refractivity contribution in [3.63, 3.8) is 0 Å². The summed E-state index contributed by atoms with van der Waals surface area (Å²) in [6.07, 6.45) is 6.61. The van der Waals surface area contributed by atoms with Gasteiger partial charge in [-0.3, -0.25) is 0 Å². The molecule has 0 spiro atoms. The Morgan fingerprint density at radius 3 is 1.07 bits per heavy atom. The van der Waals surface area contributed by atoms with E-state index in [2.05, 4.69) is 250 Å². The molecule has 0 aliphatic heterocycles. The van der Waals surface area contributed by atoms with Gasteiger partial charge < -0.3 is 10.0 Å². The standard InChI is InChI=1S/C42H28.C14H11BO2.C14H12Br2/c1-3-17-35-33(13-1)27-41(39-21-7-5-19-37(35)39)31-15-9-11-29(25-31)23-24-30-12-10-16-32(26-30)42-28-34-14-2-4-18-36(34)38-20-6-8-22-40(38)42;16-15(17)14-9-10-5-1-2-6-11(10)12-7-3-4-8-13(12)14;15-13-5-1-3-11(9-13)7-8-12-4-2-6-14(16)10-12/h1-28H;1-9,16-17H;1-6,9-10H,7-8H2/b24-23+;;. The van der Waals surface area contributed by atoms with Gasteiger partial charge in [0.25, 0.3) is 0 Å². The second-order valence-corrected chi connectivity index (χ2v) is 20.7. The van der Waals surface area contributed by atoms with Gasteiger partial charge >= 0.3 is 7.12 Å². The van der Waals surface area contributed by atoms with Crippen molar-refractivity contribution in [2.24, 2.45) is 0 Å². The van der Waals surface area contributed by atoms with Crippen molar-refractivity contribution in [3.05, 3.63) is 292 Å². The molecule has 0 radical (unpaired) electrons. The van der Waals surface area contributed by atoms with Crippen LogP contribution in [0.2, 0.25) is 0 Å². The molecule has 0 saturated heterocycles. The Kier molecular flexibility index (Phi) is 14.9. The molecule has 13 aromatic carbocycles. The Hall–Kier alpha value is -7.90. The average molecular weight is 1090 g/mol. The van der Waals surface area contributed by atoms with Gasteiger partial charge in [0.1, 0.15) is 0 Å². The van der Waals surface area contributed by atoms with E-state index in [9.17, 15) is 10.0 Å². The van der Waals surface area contributed by atoms with Gasteiger partial charge in [-0.2, -0.15) is 0 Å². The summed E-state index contributed by atoms with van der Waals surface area (Å²) in [4.78, 5) is 0. The van der Waals surface area contributed by atoms with Gasteiger partial charge in [-0.05, 0) is 176 Å². The van der Waals surface area contributed by atoms with Crippen LogP contribution in [0.4, 0.5) is 0 Å². The normalized spacial score (nSPS) is 11.3. The highest BCUT2D eigenvalue weighted by Gasteiger charge is 2.16. The van der Waals surface area contributed by atoms with Crippen LogP contribution in [0, 0.1) is 0 Å². The minimum absolute atomic E-state index is 0.555. The number of hydrogen-bond donors (Lipinski definition) is 2. The van der Waals surface area contributed by atoms with E-state index in [1.165, 1.54) is 87.6 Å². The van der Waals surface area contributed by atoms with Gasteiger partial charge in [0, 0.05) is 8.95 Å². The van der Waals surface area contributed by atoms with Gasteiger partial charge in [0.15, 0.2) is 0 Å². The lowest BCUT2D eigenvalue weighted by Crippen LogP contribution is -2.30. The summed E-state index contributed by atoms with van der Waals surface area (Å²) in [6.45, 7) is 0. The zero-order chi connectivity index (χ0) is 51.1. The maximum absolute atomic E-state index is 9.44. The van der Waals surface area contributed by atoms with E-state index in [1.807, 2.05) is 54.6 Å². The second-order valence-electron chi connectivity index (χ2n) is 18.8. The fraction of sp³-hybridized carbons (Fsp3) is 0.0286. The third-order valence-electron chi connectivity index (χ3n) is 14.0. The van der Waals surface area contributed by atoms with Crippen LogP contribution in [-0.2, 0) is 12.8 Å². The molecular weight excluding hydrogens is 1040 g/mol. The van der Waals surface area contributed by atoms with Crippen molar-refractivity contribution in [1.29, 1.82) is 0 Å². The van der Waals surface area contributed by atoms with Gasteiger partial charge in [-0.1, -0.05) is 256 Å². The van der Waals surface area contributed by atoms with E-state index < -0.39 is 7.12 Å². The molecule has 13 aromatic rings. The molecule has 0 amide bonds. The minimum Gasteiger partial charge on any atom is -0.423 e. The van der Waals surface area contributed by atoms with Gasteiger partial charge in [-0.15, -0.1) is 0 Å². The van der Waals surface area contributed by atoms with Crippen molar-refractivity contribution in [2.45, 2.75) is 12.8 Å². The van der Waals surface area contributed by atoms with Gasteiger partial charge in [0.05, 0.1) is 0 Å². The summed E-state index contributed by atoms with van der Waals surface area (Å²) in [7, 11) is -1.44. The third kappa shape index (κ3) is 11.1. The van der Waals surface area contributed by atoms with Crippen molar-refractivity contribution in [2.75, 3.05) is 0 Å². The SMILES string of the molecule is Brc1cccc(CCc2cccc(Br)c2)c1.C(=C\c1cccc(-c2cc3ccccc3c3ccccc23)c1)/c1cccc(-c2cc3ccccc3c3ccccc23)c1.OB(O)c1cc2ccccc2c2ccccc12. The summed E-state index contributed by atoms with van der Waals surface area (Å²) < 4.78 is 2.30. The van der Waals surface area contributed by atoms with Crippen LogP contribution in [0.15, 0.2) is 270 Å². The number of aryl methyl sites for hydroxylation is 2. The maximum Gasteiger partial charge on any atom is 0.489 e. The average Bonchev–Trinajstić information content (AvgIpc) is 3.46. The van der Waals surface area contributed by atoms with Crippen molar-refractivity contribution in [1.82, 2.24) is 0 Å². The Morgan fingerprint density at radius 1 is 0.307 bits per heavy atom. The topological polar surface area (TPSA) is 40.5 Å². The fourth-order valence-corrected chi connectivity index (χ4v) is 11.3. The number of rotatable bonds is 8. The molecule has 0 fully saturated rings. The Morgan fingerprint density at radius 2 is 0.653 bits per heavy atom. The molecule has 0 atom stereocenters. The molecule has 0 aliphatic rings. The first-order valence-electron chi connectivity index (χ1n) is 25.3. The molecule has 0 aromatic heterocycles. The molecule has 0 heterocycles. The molecule has 2 N–H and O–H groups in total. The van der Waals surface area contributed by atoms with Crippen molar-refractivity contribution >= 4 is 121 Å². The van der Waals surface area contributed by atoms with Crippen LogP contribution in [0.25, 0.3) is 99.0 Å². The highest BCUT2D eigenvalue weighted by molar-refractivity contribution is 9.10. The third-order valence-corrected chi connectivity index (χ3v) is 14.9. The molecule has 0 unspecified atom stereocenters. The zero-order valence-corrected chi connectivity index (χ0v) is 44.3. The molecular formula is C70H51BBr2O2. The van der Waals surface area contributed by atoms with Crippen LogP contribution in [0.1, 0.15) is 22.3 Å². The molecule has 2 nitrogen and oxygen atoms in total. The highest BCUT2D eigenvalue weighted by Crippen LogP contribution is 2.37. The summed E-state index contributed by atoms with van der Waals surface area (Å²) >= 11 is 6.98. The molecule has 13 rings (SSSR count). The fourth-order valence-electron chi connectivity index (χ4n) is 10.4. The summed E-state index contributed by atoms with van der Waals surface area (Å²) in [5.74, 6) is 0. The lowest BCUT2D eigenvalue weighted by atomic mass is 9.76. The van der Waals surface area contributed by atoms with Gasteiger partial charge in [-0.25, -0.2) is 0 Å². The molecule has 0 aliphatic carbocycles. The number of hydrogen-bond acceptors (Lipinski definition) is 2. The lowest BCUT2D eigenvalue weighted by Gasteiger charge is -2.12. The number of fused-ring (bicyclic) bond motifs is 9. The monoisotopic (exact) mass is 1090 g/mol. The largest absolute Gasteiger partial charge is 0.489 e. The minimum atomic E-state index is -1.44. The Labute approximate surface area is 455 Å². The van der Waals surface area contributed by atoms with E-state index in [4.69, 9.17) is 0 Å². The van der Waals surface area contributed by atoms with Crippen LogP contribution < -0.4 is 5.46 Å². The van der Waals surface area contributed by atoms with Crippen LogP contribution in [0.5, 0.6) is 0 Å². The van der Waals surface area contributed by atoms with Crippen LogP contribution >= 0.6 is 31.9 Å². The molecule has 0 bridgehead atoms. The van der Waals surface area contributed by atoms with E-state index in [0.29, 0.717) is 5.46 Å². The second kappa shape index (κ2) is 22.7. The number of benzene rings is 13. The Bertz CT molecular complexity index is 4010. The zero-order valence-electron chi connectivity index (χ0n) is 41.1. The van der Waals surface area contributed by atoms with E-state index in [1.54, 1.807) is 0 Å². The first-order chi connectivity index (χ1) is 36.8. The quantitative estimate of drug-likeness (QED) is 0.0904. The maximum atomic E-state index is 9.44. The van der Waals surface area contributed by atoms with Crippen LogP contribution in [-0.4, -0.2) is 17.2 Å².